The first-order chi connectivity index (χ1) is 43.9. The summed E-state index contributed by atoms with van der Waals surface area (Å²) < 4.78 is 4.55. The number of unbranched alkanes of at least 4 members (excludes halogenated alkanes) is 18. The molecule has 91 heavy (non-hydrogen) atoms. The van der Waals surface area contributed by atoms with Crippen LogP contribution < -0.4 is 27.8 Å². The van der Waals surface area contributed by atoms with E-state index in [0.29, 0.717) is 38.5 Å². The summed E-state index contributed by atoms with van der Waals surface area (Å²) in [5, 5.41) is 14.7. The quantitative estimate of drug-likeness (QED) is 0.0176. The number of rotatable bonds is 48. The third kappa shape index (κ3) is 52.7. The molecule has 2 amide bonds. The number of urea groups is 1. The summed E-state index contributed by atoms with van der Waals surface area (Å²) in [6.07, 6.45) is 31.8. The molecule has 0 aliphatic carbocycles. The van der Waals surface area contributed by atoms with Gasteiger partial charge in [-0.25, -0.2) is 9.59 Å². The zero-order chi connectivity index (χ0) is 68.5. The van der Waals surface area contributed by atoms with Crippen LogP contribution in [-0.2, 0) is 23.9 Å². The Balaban J connectivity index is -0.00000110. The smallest absolute Gasteiger partial charge is 0.328 e. The zero-order valence-electron chi connectivity index (χ0n) is 60.2. The molecule has 0 saturated heterocycles. The van der Waals surface area contributed by atoms with E-state index in [9.17, 15) is 19.2 Å². The van der Waals surface area contributed by atoms with E-state index >= 15 is 0 Å². The highest BCUT2D eigenvalue weighted by Gasteiger charge is 2.36. The summed E-state index contributed by atoms with van der Waals surface area (Å²) in [6, 6.07) is 31.9. The average Bonchev–Trinajstić information content (AvgIpc) is 0.824. The molecule has 526 valence electrons. The molecule has 0 aromatic heterocycles. The van der Waals surface area contributed by atoms with Crippen LogP contribution >= 0.6 is 11.8 Å². The van der Waals surface area contributed by atoms with Gasteiger partial charge in [-0.3, -0.25) is 9.59 Å². The molecule has 0 bridgehead atoms. The van der Waals surface area contributed by atoms with E-state index in [1.165, 1.54) is 171 Å². The van der Waals surface area contributed by atoms with E-state index in [1.807, 2.05) is 25.9 Å². The van der Waals surface area contributed by atoms with Crippen LogP contribution in [0.15, 0.2) is 91.0 Å². The molecule has 0 radical (unpaired) electrons. The Hall–Kier alpha value is -4.39. The van der Waals surface area contributed by atoms with Crippen molar-refractivity contribution >= 4 is 36.0 Å². The molecule has 9 N–H and O–H groups in total. The highest BCUT2D eigenvalue weighted by atomic mass is 32.2. The van der Waals surface area contributed by atoms with E-state index in [-0.39, 0.29) is 10.8 Å². The number of aliphatic carboxylic acids is 1. The zero-order valence-corrected chi connectivity index (χ0v) is 61.0. The topological polar surface area (TPSA) is 213 Å². The van der Waals surface area contributed by atoms with Crippen molar-refractivity contribution in [3.63, 3.8) is 0 Å². The van der Waals surface area contributed by atoms with Gasteiger partial charge in [0.1, 0.15) is 11.3 Å². The number of hydrogen-bond donors (Lipinski definition) is 6. The predicted molar refractivity (Wildman–Crippen MR) is 394 cm³/mol. The SMILES string of the molecule is CCCCCCC(=O)CCCC.CCCCCCCN(C)CCN.CCCCCCCN(C)CCN(C)C(=O)NC(C)(C)C(=O)O.CCCCCCCN(C)CCNC.NCCN.O=COCCCCCSC(c1ccccc1)(c1ccccc1)c1ccccc1. The molecular weight excluding hydrogens is 1150 g/mol. The third-order valence-electron chi connectivity index (χ3n) is 15.4. The first-order valence-corrected chi connectivity index (χ1v) is 36.4. The van der Waals surface area contributed by atoms with Gasteiger partial charge in [-0.1, -0.05) is 228 Å². The number of likely N-dealkylation sites (N-methyl/N-ethyl adjacent to an activating group) is 5. The second-order valence-electron chi connectivity index (χ2n) is 24.5. The molecule has 0 fully saturated rings. The van der Waals surface area contributed by atoms with Crippen molar-refractivity contribution in [2.45, 2.75) is 226 Å². The minimum Gasteiger partial charge on any atom is -0.480 e. The minimum atomic E-state index is -1.25. The van der Waals surface area contributed by atoms with Crippen LogP contribution in [0.4, 0.5) is 4.79 Å². The van der Waals surface area contributed by atoms with Gasteiger partial charge in [-0.15, -0.1) is 11.8 Å². The Bertz CT molecular complexity index is 1950. The molecule has 0 heterocycles. The number of nitrogens with one attached hydrogen (secondary N) is 2. The first-order valence-electron chi connectivity index (χ1n) is 35.4. The van der Waals surface area contributed by atoms with Crippen LogP contribution in [0.5, 0.6) is 0 Å². The number of nitrogens with two attached hydrogens (primary N) is 3. The molecule has 3 aromatic carbocycles. The number of thioether (sulfide) groups is 1. The molecule has 0 spiro atoms. The largest absolute Gasteiger partial charge is 0.480 e. The van der Waals surface area contributed by atoms with Gasteiger partial charge >= 0.3 is 12.0 Å². The highest BCUT2D eigenvalue weighted by molar-refractivity contribution is 8.00. The van der Waals surface area contributed by atoms with Gasteiger partial charge in [0.05, 0.1) is 11.4 Å². The van der Waals surface area contributed by atoms with Crippen molar-refractivity contribution in [3.05, 3.63) is 108 Å². The normalized spacial score (nSPS) is 10.9. The van der Waals surface area contributed by atoms with Crippen molar-refractivity contribution in [1.82, 2.24) is 30.2 Å². The van der Waals surface area contributed by atoms with Crippen LogP contribution in [0, 0.1) is 0 Å². The van der Waals surface area contributed by atoms with Gasteiger partial charge in [0, 0.05) is 72.2 Å². The molecule has 0 aliphatic rings. The fourth-order valence-electron chi connectivity index (χ4n) is 9.41. The van der Waals surface area contributed by atoms with Crippen molar-refractivity contribution in [1.29, 1.82) is 0 Å². The van der Waals surface area contributed by atoms with Crippen LogP contribution in [0.25, 0.3) is 0 Å². The fourth-order valence-corrected chi connectivity index (χ4v) is 11.0. The maximum atomic E-state index is 11.9. The molecule has 0 unspecified atom stereocenters. The van der Waals surface area contributed by atoms with Gasteiger partial charge in [0.25, 0.3) is 6.47 Å². The molecule has 3 rings (SSSR count). The third-order valence-corrected chi connectivity index (χ3v) is 17.1. The number of carboxylic acids is 1. The molecule has 3 aromatic rings. The second-order valence-corrected chi connectivity index (χ2v) is 25.8. The lowest BCUT2D eigenvalue weighted by atomic mass is 9.84. The van der Waals surface area contributed by atoms with Gasteiger partial charge in [-0.2, -0.15) is 0 Å². The van der Waals surface area contributed by atoms with Crippen LogP contribution in [0.3, 0.4) is 0 Å². The second kappa shape index (κ2) is 65.7. The first kappa shape index (κ1) is 90.8. The number of ether oxygens (including phenoxy) is 1. The molecular formula is C75H139N9O6S. The number of carboxylic acid groups (broad SMARTS) is 1. The number of amides is 2. The van der Waals surface area contributed by atoms with E-state index in [1.54, 1.807) is 7.05 Å². The number of ketones is 1. The molecule has 0 aliphatic heterocycles. The Morgan fingerprint density at radius 2 is 0.879 bits per heavy atom. The van der Waals surface area contributed by atoms with E-state index in [0.717, 1.165) is 89.8 Å². The number of nitrogens with zero attached hydrogens (tertiary/aromatic N) is 4. The van der Waals surface area contributed by atoms with Crippen LogP contribution in [0.2, 0.25) is 0 Å². The lowest BCUT2D eigenvalue weighted by Gasteiger charge is -2.35. The number of benzene rings is 3. The summed E-state index contributed by atoms with van der Waals surface area (Å²) >= 11 is 1.98. The minimum absolute atomic E-state index is 0.247. The fraction of sp³-hybridized carbons (Fsp3) is 0.707. The van der Waals surface area contributed by atoms with E-state index < -0.39 is 11.5 Å². The number of hydrogen-bond acceptors (Lipinski definition) is 13. The molecule has 0 saturated carbocycles. The maximum absolute atomic E-state index is 11.9. The standard InChI is InChI=1S/C25H26O2S.C16H33N3O3.C11H26N2.C11H22O.C10H24N2.C2H8N2/c26-21-27-19-11-4-12-20-28-25(22-13-5-1-6-14-22,23-15-7-2-8-16-23)24-17-9-3-10-18-24;1-6-7-8-9-10-11-18(4)12-13-19(5)15(22)17-16(2,3)14(20)21;1-4-5-6-7-8-10-13(3)11-9-12-2;1-3-5-7-8-10-11(12)9-6-4-2;1-3-4-5-6-7-9-12(2)10-8-11;3-1-2-4/h1-3,5-10,13-18,21H,4,11-12,19-20H2;6-13H2,1-5H3,(H,17,22)(H,20,21);12H,4-11H2,1-3H3;3-10H2,1-2H3;3-11H2,1-2H3;1-4H2. The lowest BCUT2D eigenvalue weighted by Crippen LogP contribution is -2.54. The highest BCUT2D eigenvalue weighted by Crippen LogP contribution is 2.48. The predicted octanol–water partition coefficient (Wildman–Crippen LogP) is 15.0. The summed E-state index contributed by atoms with van der Waals surface area (Å²) in [4.78, 5) is 52.8. The summed E-state index contributed by atoms with van der Waals surface area (Å²) in [6.45, 7) is 25.2. The number of Topliss-reactive ketones (excluding diaryl/α,β-unsaturated/α-hetero) is 1. The summed E-state index contributed by atoms with van der Waals surface area (Å²) in [5.74, 6) is 0.450. The van der Waals surface area contributed by atoms with Crippen molar-refractivity contribution in [2.75, 3.05) is 120 Å². The Labute approximate surface area is 562 Å². The number of carbonyl (C=O) groups is 4. The summed E-state index contributed by atoms with van der Waals surface area (Å²) in [5.41, 5.74) is 17.9. The average molecular weight is 1300 g/mol. The van der Waals surface area contributed by atoms with Crippen molar-refractivity contribution in [3.8, 4) is 0 Å². The van der Waals surface area contributed by atoms with Crippen molar-refractivity contribution in [2.24, 2.45) is 17.2 Å². The Morgan fingerprint density at radius 1 is 0.495 bits per heavy atom. The van der Waals surface area contributed by atoms with E-state index in [4.69, 9.17) is 27.0 Å². The van der Waals surface area contributed by atoms with Crippen LogP contribution in [0.1, 0.15) is 232 Å². The maximum Gasteiger partial charge on any atom is 0.328 e. The van der Waals surface area contributed by atoms with Gasteiger partial charge in [0.2, 0.25) is 0 Å². The van der Waals surface area contributed by atoms with Crippen molar-refractivity contribution < 1.29 is 29.0 Å². The molecule has 16 heteroatoms. The van der Waals surface area contributed by atoms with Gasteiger partial charge in [0.15, 0.2) is 0 Å². The molecule has 0 atom stereocenters. The Kier molecular flexibility index (Phi) is 65.5. The summed E-state index contributed by atoms with van der Waals surface area (Å²) in [7, 11) is 10.1. The van der Waals surface area contributed by atoms with Gasteiger partial charge in [-0.05, 0) is 135 Å². The monoisotopic (exact) mass is 1290 g/mol. The van der Waals surface area contributed by atoms with Gasteiger partial charge < -0.3 is 57.3 Å². The van der Waals surface area contributed by atoms with E-state index in [2.05, 4.69) is 165 Å². The molecule has 15 nitrogen and oxygen atoms in total. The Morgan fingerprint density at radius 3 is 1.26 bits per heavy atom. The lowest BCUT2D eigenvalue weighted by molar-refractivity contribution is -0.143. The number of carbonyl (C=O) groups excluding carboxylic acids is 3. The van der Waals surface area contributed by atoms with Crippen LogP contribution in [-0.4, -0.2) is 174 Å².